The Balaban J connectivity index is 2.74. The van der Waals surface area contributed by atoms with Crippen molar-refractivity contribution in [3.63, 3.8) is 0 Å². The summed E-state index contributed by atoms with van der Waals surface area (Å²) >= 11 is 0.627. The van der Waals surface area contributed by atoms with Crippen LogP contribution in [0.3, 0.4) is 0 Å². The zero-order valence-electron chi connectivity index (χ0n) is 7.04. The summed E-state index contributed by atoms with van der Waals surface area (Å²) in [6.45, 7) is 5.09. The first-order valence-electron chi connectivity index (χ1n) is 3.67. The van der Waals surface area contributed by atoms with Crippen molar-refractivity contribution >= 4 is 15.0 Å². The summed E-state index contributed by atoms with van der Waals surface area (Å²) in [7, 11) is 1.69. The van der Waals surface area contributed by atoms with E-state index in [1.807, 2.05) is 6.08 Å². The van der Waals surface area contributed by atoms with E-state index in [-0.39, 0.29) is 0 Å². The summed E-state index contributed by atoms with van der Waals surface area (Å²) < 4.78 is 10.1. The van der Waals surface area contributed by atoms with Crippen LogP contribution in [0.25, 0.3) is 0 Å². The summed E-state index contributed by atoms with van der Waals surface area (Å²) in [5.74, 6) is 0. The molecule has 3 heteroatoms. The Kier molecular flexibility index (Phi) is 10.3. The minimum absolute atomic E-state index is 0.627. The SMILES string of the molecule is C=CCC[Se]COCCOC. The zero-order valence-corrected chi connectivity index (χ0v) is 8.76. The van der Waals surface area contributed by atoms with Gasteiger partial charge in [-0.3, -0.25) is 0 Å². The molecule has 0 amide bonds. The zero-order chi connectivity index (χ0) is 8.36. The second-order valence-electron chi connectivity index (χ2n) is 2.00. The maximum absolute atomic E-state index is 5.29. The molecule has 0 radical (unpaired) electrons. The van der Waals surface area contributed by atoms with E-state index < -0.39 is 0 Å². The van der Waals surface area contributed by atoms with Gasteiger partial charge in [0.25, 0.3) is 0 Å². The van der Waals surface area contributed by atoms with Crippen LogP contribution in [0.4, 0.5) is 0 Å². The van der Waals surface area contributed by atoms with Gasteiger partial charge in [-0.15, -0.1) is 0 Å². The topological polar surface area (TPSA) is 18.5 Å². The van der Waals surface area contributed by atoms with E-state index in [1.165, 1.54) is 5.32 Å². The maximum atomic E-state index is 5.29. The van der Waals surface area contributed by atoms with Crippen LogP contribution in [-0.4, -0.2) is 40.8 Å². The van der Waals surface area contributed by atoms with E-state index in [1.54, 1.807) is 7.11 Å². The van der Waals surface area contributed by atoms with E-state index in [2.05, 4.69) is 6.58 Å². The van der Waals surface area contributed by atoms with E-state index in [0.29, 0.717) is 21.6 Å². The van der Waals surface area contributed by atoms with Crippen LogP contribution in [0, 0.1) is 0 Å². The van der Waals surface area contributed by atoms with Crippen LogP contribution in [0.1, 0.15) is 6.42 Å². The molecule has 0 heterocycles. The Hall–Kier alpha value is 0.179. The molecule has 66 valence electrons. The van der Waals surface area contributed by atoms with Crippen LogP contribution in [-0.2, 0) is 9.47 Å². The monoisotopic (exact) mass is 224 g/mol. The van der Waals surface area contributed by atoms with Crippen LogP contribution in [0.2, 0.25) is 5.32 Å². The molecule has 2 nitrogen and oxygen atoms in total. The molecule has 0 spiro atoms. The third-order valence-electron chi connectivity index (χ3n) is 1.06. The molecule has 0 saturated carbocycles. The molecule has 0 aliphatic heterocycles. The number of hydrogen-bond donors (Lipinski definition) is 0. The second kappa shape index (κ2) is 10.2. The van der Waals surface area contributed by atoms with Crippen molar-refractivity contribution in [3.05, 3.63) is 12.7 Å². The van der Waals surface area contributed by atoms with Crippen molar-refractivity contribution in [2.75, 3.05) is 25.8 Å². The molecule has 0 saturated heterocycles. The van der Waals surface area contributed by atoms with Crippen molar-refractivity contribution in [1.82, 2.24) is 0 Å². The van der Waals surface area contributed by atoms with Crippen LogP contribution < -0.4 is 0 Å². The van der Waals surface area contributed by atoms with Gasteiger partial charge in [0.15, 0.2) is 0 Å². The minimum atomic E-state index is 0.627. The fraction of sp³-hybridized carbons (Fsp3) is 0.750. The molecule has 0 aromatic heterocycles. The normalized spacial score (nSPS) is 9.91. The molecule has 0 bridgehead atoms. The third-order valence-corrected chi connectivity index (χ3v) is 2.86. The molecule has 0 atom stereocenters. The van der Waals surface area contributed by atoms with Gasteiger partial charge < -0.3 is 0 Å². The van der Waals surface area contributed by atoms with Gasteiger partial charge in [0, 0.05) is 0 Å². The third kappa shape index (κ3) is 10.2. The van der Waals surface area contributed by atoms with Gasteiger partial charge in [-0.05, 0) is 0 Å². The second-order valence-corrected chi connectivity index (χ2v) is 4.21. The first kappa shape index (κ1) is 11.2. The molecule has 0 aliphatic carbocycles. The molecule has 0 aromatic carbocycles. The summed E-state index contributed by atoms with van der Waals surface area (Å²) in [6, 6.07) is 0. The number of allylic oxidation sites excluding steroid dienone is 1. The number of rotatable bonds is 8. The summed E-state index contributed by atoms with van der Waals surface area (Å²) in [5, 5.41) is 1.24. The Morgan fingerprint density at radius 3 is 2.91 bits per heavy atom. The number of methoxy groups -OCH3 is 1. The van der Waals surface area contributed by atoms with E-state index in [9.17, 15) is 0 Å². The van der Waals surface area contributed by atoms with Gasteiger partial charge in [0.2, 0.25) is 0 Å². The van der Waals surface area contributed by atoms with Crippen molar-refractivity contribution in [2.24, 2.45) is 0 Å². The van der Waals surface area contributed by atoms with E-state index in [4.69, 9.17) is 9.47 Å². The fourth-order valence-corrected chi connectivity index (χ4v) is 1.93. The molecule has 0 fully saturated rings. The Morgan fingerprint density at radius 1 is 1.45 bits per heavy atom. The van der Waals surface area contributed by atoms with Crippen molar-refractivity contribution in [2.45, 2.75) is 11.7 Å². The van der Waals surface area contributed by atoms with Gasteiger partial charge in [0.05, 0.1) is 0 Å². The molecule has 0 aromatic rings. The Labute approximate surface area is 75.1 Å². The molecule has 11 heavy (non-hydrogen) atoms. The van der Waals surface area contributed by atoms with E-state index in [0.717, 1.165) is 18.5 Å². The van der Waals surface area contributed by atoms with Crippen molar-refractivity contribution in [1.29, 1.82) is 0 Å². The average Bonchev–Trinajstić information content (AvgIpc) is 2.03. The predicted octanol–water partition coefficient (Wildman–Crippen LogP) is 1.31. The van der Waals surface area contributed by atoms with Gasteiger partial charge >= 0.3 is 74.7 Å². The standard InChI is InChI=1S/C8H16O2Se/c1-3-4-7-11-8-10-6-5-9-2/h3H,1,4-8H2,2H3. The van der Waals surface area contributed by atoms with E-state index >= 15 is 0 Å². The van der Waals surface area contributed by atoms with Gasteiger partial charge in [-0.25, -0.2) is 0 Å². The summed E-state index contributed by atoms with van der Waals surface area (Å²) in [6.07, 6.45) is 3.07. The molecule has 0 N–H and O–H groups in total. The molecule has 0 unspecified atom stereocenters. The Morgan fingerprint density at radius 2 is 2.27 bits per heavy atom. The first-order valence-corrected chi connectivity index (χ1v) is 6.09. The number of ether oxygens (including phenoxy) is 2. The first-order chi connectivity index (χ1) is 5.41. The van der Waals surface area contributed by atoms with Crippen molar-refractivity contribution in [3.8, 4) is 0 Å². The van der Waals surface area contributed by atoms with Gasteiger partial charge in [-0.2, -0.15) is 0 Å². The molecule has 0 aliphatic rings. The fourth-order valence-electron chi connectivity index (χ4n) is 0.486. The Bertz CT molecular complexity index is 86.2. The molecule has 0 rings (SSSR count). The predicted molar refractivity (Wildman–Crippen MR) is 48.1 cm³/mol. The molecular weight excluding hydrogens is 207 g/mol. The average molecular weight is 223 g/mol. The molecular formula is C8H16O2Se. The van der Waals surface area contributed by atoms with Crippen LogP contribution in [0.15, 0.2) is 12.7 Å². The van der Waals surface area contributed by atoms with Crippen molar-refractivity contribution < 1.29 is 9.47 Å². The summed E-state index contributed by atoms with van der Waals surface area (Å²) in [5.41, 5.74) is 0.907. The number of hydrogen-bond acceptors (Lipinski definition) is 2. The van der Waals surface area contributed by atoms with Crippen LogP contribution in [0.5, 0.6) is 0 Å². The van der Waals surface area contributed by atoms with Gasteiger partial charge in [0.1, 0.15) is 0 Å². The quantitative estimate of drug-likeness (QED) is 0.351. The van der Waals surface area contributed by atoms with Gasteiger partial charge in [-0.1, -0.05) is 0 Å². The summed E-state index contributed by atoms with van der Waals surface area (Å²) in [4.78, 5) is 0. The van der Waals surface area contributed by atoms with Crippen LogP contribution >= 0.6 is 0 Å².